The Hall–Kier alpha value is -2.30. The first-order valence-electron chi connectivity index (χ1n) is 4.73. The van der Waals surface area contributed by atoms with Gasteiger partial charge in [-0.25, -0.2) is 9.48 Å². The van der Waals surface area contributed by atoms with Crippen LogP contribution in [0.15, 0.2) is 30.5 Å². The summed E-state index contributed by atoms with van der Waals surface area (Å²) in [4.78, 5) is 10.8. The Balaban J connectivity index is 2.45. The third kappa shape index (κ3) is 1.75. The van der Waals surface area contributed by atoms with Gasteiger partial charge in [-0.05, 0) is 31.2 Å². The average Bonchev–Trinajstić information content (AvgIpc) is 2.64. The van der Waals surface area contributed by atoms with Crippen molar-refractivity contribution in [2.45, 2.75) is 6.92 Å². The Labute approximate surface area is 92.1 Å². The van der Waals surface area contributed by atoms with Crippen LogP contribution in [0, 0.1) is 6.92 Å². The highest BCUT2D eigenvalue weighted by Crippen LogP contribution is 2.17. The van der Waals surface area contributed by atoms with E-state index in [0.717, 1.165) is 11.4 Å². The molecule has 1 aromatic heterocycles. The number of nitrogens with two attached hydrogens (primary N) is 1. The number of carboxylic acids is 1. The molecule has 1 heterocycles. The molecular weight excluding hydrogens is 206 g/mol. The van der Waals surface area contributed by atoms with E-state index in [1.807, 2.05) is 13.0 Å². The number of nitrogen functional groups attached to an aromatic ring is 1. The second-order valence-corrected chi connectivity index (χ2v) is 3.48. The Kier molecular flexibility index (Phi) is 2.36. The van der Waals surface area contributed by atoms with Gasteiger partial charge in [0.1, 0.15) is 0 Å². The van der Waals surface area contributed by atoms with Crippen LogP contribution in [0.4, 0.5) is 5.69 Å². The molecule has 0 radical (unpaired) electrons. The number of hydrogen-bond donors (Lipinski definition) is 2. The molecule has 0 aliphatic carbocycles. The maximum atomic E-state index is 10.8. The standard InChI is InChI=1S/C11H11N3O2/c1-7-4-5-14(13-7)8-2-3-9(11(15)16)10(12)6-8/h2-6H,12H2,1H3,(H,15,16). The summed E-state index contributed by atoms with van der Waals surface area (Å²) in [5.41, 5.74) is 7.62. The highest BCUT2D eigenvalue weighted by molar-refractivity contribution is 5.94. The van der Waals surface area contributed by atoms with E-state index in [1.165, 1.54) is 6.07 Å². The second-order valence-electron chi connectivity index (χ2n) is 3.48. The minimum Gasteiger partial charge on any atom is -0.478 e. The fourth-order valence-corrected chi connectivity index (χ4v) is 1.45. The number of aromatic nitrogens is 2. The molecule has 0 aliphatic rings. The van der Waals surface area contributed by atoms with Gasteiger partial charge in [-0.15, -0.1) is 0 Å². The van der Waals surface area contributed by atoms with Gasteiger partial charge in [-0.1, -0.05) is 0 Å². The summed E-state index contributed by atoms with van der Waals surface area (Å²) in [6.45, 7) is 1.88. The van der Waals surface area contributed by atoms with Gasteiger partial charge in [0.05, 0.1) is 16.9 Å². The van der Waals surface area contributed by atoms with E-state index < -0.39 is 5.97 Å². The monoisotopic (exact) mass is 217 g/mol. The first kappa shape index (κ1) is 10.2. The maximum absolute atomic E-state index is 10.8. The number of benzene rings is 1. The van der Waals surface area contributed by atoms with Gasteiger partial charge in [-0.2, -0.15) is 5.10 Å². The van der Waals surface area contributed by atoms with Crippen molar-refractivity contribution in [3.8, 4) is 5.69 Å². The molecule has 3 N–H and O–H groups in total. The molecule has 82 valence electrons. The van der Waals surface area contributed by atoms with E-state index in [9.17, 15) is 4.79 Å². The normalized spacial score (nSPS) is 10.3. The van der Waals surface area contributed by atoms with Crippen LogP contribution < -0.4 is 5.73 Å². The van der Waals surface area contributed by atoms with Crippen molar-refractivity contribution in [1.29, 1.82) is 0 Å². The van der Waals surface area contributed by atoms with E-state index in [0.29, 0.717) is 0 Å². The third-order valence-electron chi connectivity index (χ3n) is 2.25. The number of carboxylic acid groups (broad SMARTS) is 1. The molecule has 2 aromatic rings. The lowest BCUT2D eigenvalue weighted by molar-refractivity contribution is 0.0698. The topological polar surface area (TPSA) is 81.1 Å². The van der Waals surface area contributed by atoms with Crippen LogP contribution >= 0.6 is 0 Å². The lowest BCUT2D eigenvalue weighted by Crippen LogP contribution is -2.04. The van der Waals surface area contributed by atoms with Crippen LogP contribution in [0.5, 0.6) is 0 Å². The molecule has 0 bridgehead atoms. The predicted octanol–water partition coefficient (Wildman–Crippen LogP) is 1.46. The molecular formula is C11H11N3O2. The lowest BCUT2D eigenvalue weighted by atomic mass is 10.1. The van der Waals surface area contributed by atoms with Crippen LogP contribution in [-0.4, -0.2) is 20.9 Å². The number of nitrogens with zero attached hydrogens (tertiary/aromatic N) is 2. The van der Waals surface area contributed by atoms with Crippen LogP contribution in [0.2, 0.25) is 0 Å². The molecule has 0 saturated carbocycles. The van der Waals surface area contributed by atoms with E-state index in [2.05, 4.69) is 5.10 Å². The lowest BCUT2D eigenvalue weighted by Gasteiger charge is -2.05. The number of rotatable bonds is 2. The smallest absolute Gasteiger partial charge is 0.337 e. The molecule has 5 heteroatoms. The Bertz CT molecular complexity index is 546. The van der Waals surface area contributed by atoms with Crippen LogP contribution in [0.25, 0.3) is 5.69 Å². The van der Waals surface area contributed by atoms with Gasteiger partial charge >= 0.3 is 5.97 Å². The zero-order valence-corrected chi connectivity index (χ0v) is 8.71. The van der Waals surface area contributed by atoms with E-state index in [-0.39, 0.29) is 11.3 Å². The zero-order valence-electron chi connectivity index (χ0n) is 8.71. The molecule has 0 atom stereocenters. The summed E-state index contributed by atoms with van der Waals surface area (Å²) in [6, 6.07) is 6.60. The predicted molar refractivity (Wildman–Crippen MR) is 59.7 cm³/mol. The van der Waals surface area contributed by atoms with Crippen molar-refractivity contribution in [3.63, 3.8) is 0 Å². The summed E-state index contributed by atoms with van der Waals surface area (Å²) < 4.78 is 1.65. The minimum absolute atomic E-state index is 0.104. The van der Waals surface area contributed by atoms with Crippen LogP contribution in [-0.2, 0) is 0 Å². The Morgan fingerprint density at radius 3 is 2.69 bits per heavy atom. The molecule has 0 aliphatic heterocycles. The van der Waals surface area contributed by atoms with Gasteiger partial charge in [0.15, 0.2) is 0 Å². The fraction of sp³-hybridized carbons (Fsp3) is 0.0909. The van der Waals surface area contributed by atoms with Crippen molar-refractivity contribution in [2.24, 2.45) is 0 Å². The molecule has 0 unspecified atom stereocenters. The molecule has 1 aromatic carbocycles. The van der Waals surface area contributed by atoms with Gasteiger partial charge in [0.25, 0.3) is 0 Å². The Morgan fingerprint density at radius 2 is 2.19 bits per heavy atom. The number of aromatic carboxylic acids is 1. The molecule has 0 saturated heterocycles. The number of carbonyl (C=O) groups is 1. The fourth-order valence-electron chi connectivity index (χ4n) is 1.45. The number of anilines is 1. The largest absolute Gasteiger partial charge is 0.478 e. The van der Waals surface area contributed by atoms with Gasteiger partial charge in [0, 0.05) is 11.9 Å². The minimum atomic E-state index is -1.03. The zero-order chi connectivity index (χ0) is 11.7. The SMILES string of the molecule is Cc1ccn(-c2ccc(C(=O)O)c(N)c2)n1. The number of aryl methyl sites for hydroxylation is 1. The molecule has 5 nitrogen and oxygen atoms in total. The summed E-state index contributed by atoms with van der Waals surface area (Å²) >= 11 is 0. The third-order valence-corrected chi connectivity index (χ3v) is 2.25. The highest BCUT2D eigenvalue weighted by atomic mass is 16.4. The molecule has 16 heavy (non-hydrogen) atoms. The summed E-state index contributed by atoms with van der Waals surface area (Å²) in [5.74, 6) is -1.03. The summed E-state index contributed by atoms with van der Waals surface area (Å²) in [7, 11) is 0. The average molecular weight is 217 g/mol. The van der Waals surface area contributed by atoms with Crippen molar-refractivity contribution < 1.29 is 9.90 Å². The number of hydrogen-bond acceptors (Lipinski definition) is 3. The van der Waals surface area contributed by atoms with E-state index in [1.54, 1.807) is 23.0 Å². The first-order chi connectivity index (χ1) is 7.58. The molecule has 2 rings (SSSR count). The molecule has 0 fully saturated rings. The van der Waals surface area contributed by atoms with Crippen molar-refractivity contribution in [3.05, 3.63) is 41.7 Å². The molecule has 0 amide bonds. The van der Waals surface area contributed by atoms with Gasteiger partial charge in [0.2, 0.25) is 0 Å². The van der Waals surface area contributed by atoms with Crippen LogP contribution in [0.1, 0.15) is 16.1 Å². The van der Waals surface area contributed by atoms with Crippen molar-refractivity contribution in [1.82, 2.24) is 9.78 Å². The second kappa shape index (κ2) is 3.69. The molecule has 0 spiro atoms. The van der Waals surface area contributed by atoms with Crippen molar-refractivity contribution in [2.75, 3.05) is 5.73 Å². The van der Waals surface area contributed by atoms with Crippen LogP contribution in [0.3, 0.4) is 0 Å². The first-order valence-corrected chi connectivity index (χ1v) is 4.73. The van der Waals surface area contributed by atoms with E-state index >= 15 is 0 Å². The highest BCUT2D eigenvalue weighted by Gasteiger charge is 2.08. The van der Waals surface area contributed by atoms with E-state index in [4.69, 9.17) is 10.8 Å². The summed E-state index contributed by atoms with van der Waals surface area (Å²) in [6.07, 6.45) is 1.80. The van der Waals surface area contributed by atoms with Crippen molar-refractivity contribution >= 4 is 11.7 Å². The maximum Gasteiger partial charge on any atom is 0.337 e. The van der Waals surface area contributed by atoms with Gasteiger partial charge < -0.3 is 10.8 Å². The Morgan fingerprint density at radius 1 is 1.44 bits per heavy atom. The van der Waals surface area contributed by atoms with Gasteiger partial charge in [-0.3, -0.25) is 0 Å². The summed E-state index contributed by atoms with van der Waals surface area (Å²) in [5, 5.41) is 13.0. The quantitative estimate of drug-likeness (QED) is 0.746.